The van der Waals surface area contributed by atoms with Crippen molar-refractivity contribution in [3.8, 4) is 0 Å². The summed E-state index contributed by atoms with van der Waals surface area (Å²) in [5, 5.41) is 0. The molecule has 1 rings (SSSR count). The van der Waals surface area contributed by atoms with Crippen LogP contribution in [-0.2, 0) is 0 Å². The third-order valence-corrected chi connectivity index (χ3v) is 4.13. The van der Waals surface area contributed by atoms with Crippen molar-refractivity contribution in [1.29, 1.82) is 0 Å². The predicted molar refractivity (Wildman–Crippen MR) is 50.8 cm³/mol. The number of rotatable bonds is 0. The molecular formula is C6H10S3. The van der Waals surface area contributed by atoms with Crippen molar-refractivity contribution in [3.05, 3.63) is 11.5 Å². The average Bonchev–Trinajstić information content (AvgIpc) is 2.00. The van der Waals surface area contributed by atoms with Gasteiger partial charge in [-0.05, 0) is 0 Å². The van der Waals surface area contributed by atoms with Crippen molar-refractivity contribution in [1.82, 2.24) is 0 Å². The summed E-state index contributed by atoms with van der Waals surface area (Å²) in [6.07, 6.45) is 0. The molecule has 0 aromatic rings. The van der Waals surface area contributed by atoms with Crippen molar-refractivity contribution < 1.29 is 0 Å². The van der Waals surface area contributed by atoms with Gasteiger partial charge in [-0.15, -0.1) is 0 Å². The van der Waals surface area contributed by atoms with Crippen LogP contribution < -0.4 is 0 Å². The van der Waals surface area contributed by atoms with Gasteiger partial charge in [0.1, 0.15) is 0 Å². The topological polar surface area (TPSA) is 0 Å². The van der Waals surface area contributed by atoms with Crippen LogP contribution in [0, 0.1) is 11.5 Å². The lowest BCUT2D eigenvalue weighted by Crippen LogP contribution is -1.83. The van der Waals surface area contributed by atoms with Crippen LogP contribution in [0.25, 0.3) is 0 Å². The molecule has 0 amide bonds. The van der Waals surface area contributed by atoms with E-state index in [0.717, 1.165) is 0 Å². The molecule has 0 aromatic carbocycles. The lowest BCUT2D eigenvalue weighted by Gasteiger charge is -1.93. The molecule has 52 valence electrons. The highest BCUT2D eigenvalue weighted by atomic mass is 32.2. The fourth-order valence-corrected chi connectivity index (χ4v) is 3.34. The predicted octanol–water partition coefficient (Wildman–Crippen LogP) is 2.52. The maximum Gasteiger partial charge on any atom is 0.0268 e. The fraction of sp³-hybridized carbons (Fsp3) is 0.667. The Labute approximate surface area is 69.9 Å². The number of hydrogen-bond donors (Lipinski definition) is 0. The summed E-state index contributed by atoms with van der Waals surface area (Å²) >= 11 is 5.90. The Balaban J connectivity index is 2.02. The molecule has 0 N–H and O–H groups in total. The molecule has 3 heteroatoms. The Kier molecular flexibility index (Phi) is 5.26. The van der Waals surface area contributed by atoms with Gasteiger partial charge in [0.05, 0.1) is 0 Å². The first-order chi connectivity index (χ1) is 4.50. The Morgan fingerprint density at radius 1 is 0.889 bits per heavy atom. The van der Waals surface area contributed by atoms with Gasteiger partial charge < -0.3 is 0 Å². The number of thioether (sulfide) groups is 3. The highest BCUT2D eigenvalue weighted by molar-refractivity contribution is 8.08. The van der Waals surface area contributed by atoms with Crippen LogP contribution in [-0.4, -0.2) is 23.0 Å². The summed E-state index contributed by atoms with van der Waals surface area (Å²) in [6, 6.07) is 0. The Bertz CT molecular complexity index is 36.8. The minimum Gasteiger partial charge on any atom is -0.160 e. The van der Waals surface area contributed by atoms with Gasteiger partial charge >= 0.3 is 0 Å². The second-order valence-electron chi connectivity index (χ2n) is 1.62. The van der Waals surface area contributed by atoms with E-state index >= 15 is 0 Å². The third kappa shape index (κ3) is 4.45. The molecule has 0 atom stereocenters. The highest BCUT2D eigenvalue weighted by Gasteiger charge is 1.96. The lowest BCUT2D eigenvalue weighted by molar-refractivity contribution is 1.53. The normalized spacial score (nSPS) is 24.0. The summed E-state index contributed by atoms with van der Waals surface area (Å²) in [5.41, 5.74) is 0. The molecule has 1 fully saturated rings. The Morgan fingerprint density at radius 2 is 1.44 bits per heavy atom. The van der Waals surface area contributed by atoms with Crippen LogP contribution in [0.5, 0.6) is 0 Å². The van der Waals surface area contributed by atoms with E-state index in [1.807, 2.05) is 35.3 Å². The van der Waals surface area contributed by atoms with Crippen LogP contribution in [0.3, 0.4) is 0 Å². The summed E-state index contributed by atoms with van der Waals surface area (Å²) in [7, 11) is 0. The van der Waals surface area contributed by atoms with E-state index < -0.39 is 0 Å². The van der Waals surface area contributed by atoms with Crippen molar-refractivity contribution in [2.75, 3.05) is 23.0 Å². The Hall–Kier alpha value is 1.05. The van der Waals surface area contributed by atoms with Gasteiger partial charge in [0.2, 0.25) is 0 Å². The molecule has 0 spiro atoms. The monoisotopic (exact) mass is 178 g/mol. The van der Waals surface area contributed by atoms with Gasteiger partial charge in [0.15, 0.2) is 0 Å². The zero-order valence-electron chi connectivity index (χ0n) is 5.21. The number of hydrogen-bond acceptors (Lipinski definition) is 3. The van der Waals surface area contributed by atoms with Crippen LogP contribution in [0.2, 0.25) is 0 Å². The molecule has 1 saturated heterocycles. The first kappa shape index (κ1) is 8.15. The van der Waals surface area contributed by atoms with Gasteiger partial charge in [-0.2, -0.15) is 35.3 Å². The standard InChI is InChI=1S/C6H10S3/c1-2-8-5-6-9-4-3-7-1/h1,3H,2,4-6H2. The van der Waals surface area contributed by atoms with E-state index in [1.54, 1.807) is 0 Å². The van der Waals surface area contributed by atoms with Gasteiger partial charge in [0.25, 0.3) is 0 Å². The maximum atomic E-state index is 2.27. The molecule has 0 aliphatic carbocycles. The third-order valence-electron chi connectivity index (χ3n) is 0.936. The molecule has 1 aliphatic heterocycles. The molecule has 0 saturated carbocycles. The van der Waals surface area contributed by atoms with E-state index in [-0.39, 0.29) is 0 Å². The largest absolute Gasteiger partial charge is 0.160 e. The quantitative estimate of drug-likeness (QED) is 0.559. The second-order valence-corrected chi connectivity index (χ2v) is 4.86. The maximum absolute atomic E-state index is 2.27. The highest BCUT2D eigenvalue weighted by Crippen LogP contribution is 2.20. The average molecular weight is 178 g/mol. The smallest absolute Gasteiger partial charge is 0.0268 e. The van der Waals surface area contributed by atoms with Crippen molar-refractivity contribution in [2.24, 2.45) is 0 Å². The lowest BCUT2D eigenvalue weighted by atomic mass is 10.9. The first-order valence-electron chi connectivity index (χ1n) is 2.94. The van der Waals surface area contributed by atoms with Gasteiger partial charge in [-0.25, -0.2) is 0 Å². The molecule has 0 unspecified atom stereocenters. The molecule has 9 heavy (non-hydrogen) atoms. The van der Waals surface area contributed by atoms with E-state index in [4.69, 9.17) is 0 Å². The SMILES string of the molecule is [CH]1CSCCSC[CH]S1. The zero-order chi connectivity index (χ0) is 6.36. The van der Waals surface area contributed by atoms with Crippen molar-refractivity contribution in [2.45, 2.75) is 0 Å². The molecule has 1 heterocycles. The summed E-state index contributed by atoms with van der Waals surface area (Å²) in [5.74, 6) is 9.60. The van der Waals surface area contributed by atoms with Crippen molar-refractivity contribution >= 4 is 35.3 Å². The molecule has 0 bridgehead atoms. The minimum absolute atomic E-state index is 1.21. The van der Waals surface area contributed by atoms with E-state index in [9.17, 15) is 0 Å². The van der Waals surface area contributed by atoms with Crippen LogP contribution >= 0.6 is 35.3 Å². The van der Waals surface area contributed by atoms with Gasteiger partial charge in [-0.3, -0.25) is 0 Å². The van der Waals surface area contributed by atoms with Gasteiger partial charge in [-0.1, -0.05) is 0 Å². The van der Waals surface area contributed by atoms with Crippen molar-refractivity contribution in [3.63, 3.8) is 0 Å². The van der Waals surface area contributed by atoms with E-state index in [0.29, 0.717) is 0 Å². The molecule has 0 aromatic heterocycles. The summed E-state index contributed by atoms with van der Waals surface area (Å²) < 4.78 is 0. The van der Waals surface area contributed by atoms with Crippen LogP contribution in [0.4, 0.5) is 0 Å². The second kappa shape index (κ2) is 5.81. The minimum atomic E-state index is 1.21. The first-order valence-corrected chi connectivity index (χ1v) is 6.19. The fourth-order valence-electron chi connectivity index (χ4n) is 0.527. The van der Waals surface area contributed by atoms with E-state index in [1.165, 1.54) is 23.0 Å². The molecule has 0 nitrogen and oxygen atoms in total. The zero-order valence-corrected chi connectivity index (χ0v) is 7.66. The summed E-state index contributed by atoms with van der Waals surface area (Å²) in [4.78, 5) is 0. The molecular weight excluding hydrogens is 168 g/mol. The summed E-state index contributed by atoms with van der Waals surface area (Å²) in [6.45, 7) is 0. The Morgan fingerprint density at radius 3 is 2.00 bits per heavy atom. The molecule has 1 aliphatic rings. The van der Waals surface area contributed by atoms with Gasteiger partial charge in [0, 0.05) is 34.5 Å². The van der Waals surface area contributed by atoms with E-state index in [2.05, 4.69) is 11.5 Å². The van der Waals surface area contributed by atoms with Crippen LogP contribution in [0.15, 0.2) is 0 Å². The molecule has 2 radical (unpaired) electrons. The van der Waals surface area contributed by atoms with Crippen LogP contribution in [0.1, 0.15) is 0 Å².